The molecule has 10 atom stereocenters. The predicted molar refractivity (Wildman–Crippen MR) is 102 cm³/mol. The van der Waals surface area contributed by atoms with Crippen molar-refractivity contribution < 1.29 is 60.2 Å². The van der Waals surface area contributed by atoms with Crippen LogP contribution in [0.15, 0.2) is 23.1 Å². The lowest BCUT2D eigenvalue weighted by molar-refractivity contribution is -0.338. The minimum atomic E-state index is -1.75. The second-order valence-electron chi connectivity index (χ2n) is 7.27. The minimum absolute atomic E-state index is 0.145. The van der Waals surface area contributed by atoms with Crippen LogP contribution in [0.2, 0.25) is 0 Å². The molecule has 0 aromatic heterocycles. The number of ether oxygens (including phenoxy) is 3. The lowest BCUT2D eigenvalue weighted by Crippen LogP contribution is -2.64. The third-order valence-corrected chi connectivity index (χ3v) is 6.35. The van der Waals surface area contributed by atoms with Gasteiger partial charge in [0.2, 0.25) is 0 Å². The highest BCUT2D eigenvalue weighted by atomic mass is 32.2. The van der Waals surface area contributed by atoms with Crippen molar-refractivity contribution in [2.45, 2.75) is 65.5 Å². The normalized spacial score (nSPS) is 41.3. The molecule has 2 fully saturated rings. The molecular formula is C18H26O12S. The van der Waals surface area contributed by atoms with E-state index in [0.29, 0.717) is 0 Å². The molecule has 0 aliphatic carbocycles. The van der Waals surface area contributed by atoms with Gasteiger partial charge < -0.3 is 60.2 Å². The van der Waals surface area contributed by atoms with Gasteiger partial charge in [-0.1, -0.05) is 11.8 Å². The average molecular weight is 466 g/mol. The fourth-order valence-electron chi connectivity index (χ4n) is 3.38. The number of aromatic hydroxyl groups is 2. The smallest absolute Gasteiger partial charge is 0.187 e. The van der Waals surface area contributed by atoms with Crippen LogP contribution < -0.4 is 0 Å². The van der Waals surface area contributed by atoms with Crippen molar-refractivity contribution in [1.29, 1.82) is 0 Å². The van der Waals surface area contributed by atoms with Gasteiger partial charge in [0.15, 0.2) is 6.29 Å². The molecule has 176 valence electrons. The first-order valence-corrected chi connectivity index (χ1v) is 10.3. The van der Waals surface area contributed by atoms with Gasteiger partial charge >= 0.3 is 0 Å². The number of aliphatic hydroxyl groups is 7. The average Bonchev–Trinajstić information content (AvgIpc) is 2.75. The maximum absolute atomic E-state index is 10.6. The molecule has 3 rings (SSSR count). The Morgan fingerprint density at radius 2 is 1.48 bits per heavy atom. The van der Waals surface area contributed by atoms with E-state index in [1.54, 1.807) is 0 Å². The first-order valence-electron chi connectivity index (χ1n) is 9.45. The maximum Gasteiger partial charge on any atom is 0.187 e. The third-order valence-electron chi connectivity index (χ3n) is 5.15. The third kappa shape index (κ3) is 5.07. The quantitative estimate of drug-likeness (QED) is 0.190. The van der Waals surface area contributed by atoms with E-state index in [2.05, 4.69) is 0 Å². The number of phenolic OH excluding ortho intramolecular Hbond substituents is 2. The monoisotopic (exact) mass is 466 g/mol. The maximum atomic E-state index is 10.6. The summed E-state index contributed by atoms with van der Waals surface area (Å²) in [6, 6.07) is 3.72. The Hall–Kier alpha value is -1.23. The SMILES string of the molecule is OC[C@H]1O[C@H](O[C@H]2[C@H](O)[C@@H](O)[C@H](Sc3cc(O)ccc3O)O[C@@H]2CO)[C@H](O)[C@@H](O)[C@@H]1O. The van der Waals surface area contributed by atoms with Crippen molar-refractivity contribution in [3.8, 4) is 11.5 Å². The van der Waals surface area contributed by atoms with Crippen LogP contribution in [0.5, 0.6) is 11.5 Å². The summed E-state index contributed by atoms with van der Waals surface area (Å²) in [5.74, 6) is -0.345. The van der Waals surface area contributed by atoms with Crippen molar-refractivity contribution in [1.82, 2.24) is 0 Å². The molecule has 1 aromatic carbocycles. The van der Waals surface area contributed by atoms with Crippen molar-refractivity contribution in [3.63, 3.8) is 0 Å². The molecule has 12 nitrogen and oxygen atoms in total. The fraction of sp³-hybridized carbons (Fsp3) is 0.667. The van der Waals surface area contributed by atoms with Crippen LogP contribution >= 0.6 is 11.8 Å². The molecule has 2 aliphatic heterocycles. The zero-order valence-electron chi connectivity index (χ0n) is 16.1. The molecular weight excluding hydrogens is 440 g/mol. The van der Waals surface area contributed by atoms with Gasteiger partial charge in [0.05, 0.1) is 18.1 Å². The Morgan fingerprint density at radius 3 is 2.13 bits per heavy atom. The Morgan fingerprint density at radius 1 is 0.806 bits per heavy atom. The number of benzene rings is 1. The number of hydrogen-bond donors (Lipinski definition) is 9. The molecule has 2 saturated heterocycles. The van der Waals surface area contributed by atoms with Crippen LogP contribution in [0.1, 0.15) is 0 Å². The zero-order valence-corrected chi connectivity index (χ0v) is 16.9. The van der Waals surface area contributed by atoms with E-state index in [9.17, 15) is 46.0 Å². The first kappa shape index (κ1) is 24.4. The van der Waals surface area contributed by atoms with E-state index in [1.807, 2.05) is 0 Å². The molecule has 0 amide bonds. The first-order chi connectivity index (χ1) is 14.7. The predicted octanol–water partition coefficient (Wildman–Crippen LogP) is -3.19. The summed E-state index contributed by atoms with van der Waals surface area (Å²) in [5, 5.41) is 89.4. The Kier molecular flexibility index (Phi) is 7.99. The summed E-state index contributed by atoms with van der Waals surface area (Å²) in [6.45, 7) is -1.36. The van der Waals surface area contributed by atoms with E-state index in [-0.39, 0.29) is 16.4 Å². The van der Waals surface area contributed by atoms with E-state index >= 15 is 0 Å². The van der Waals surface area contributed by atoms with Crippen LogP contribution in [0, 0.1) is 0 Å². The van der Waals surface area contributed by atoms with Gasteiger partial charge in [0.1, 0.15) is 65.8 Å². The van der Waals surface area contributed by atoms with E-state index in [0.717, 1.165) is 11.8 Å². The van der Waals surface area contributed by atoms with Gasteiger partial charge in [-0.25, -0.2) is 0 Å². The van der Waals surface area contributed by atoms with Gasteiger partial charge in [-0.3, -0.25) is 0 Å². The van der Waals surface area contributed by atoms with Crippen molar-refractivity contribution in [2.75, 3.05) is 13.2 Å². The molecule has 0 spiro atoms. The summed E-state index contributed by atoms with van der Waals surface area (Å²) < 4.78 is 16.3. The van der Waals surface area contributed by atoms with Gasteiger partial charge in [0, 0.05) is 0 Å². The number of aliphatic hydroxyl groups excluding tert-OH is 7. The molecule has 0 saturated carbocycles. The number of thioether (sulfide) groups is 1. The van der Waals surface area contributed by atoms with Crippen molar-refractivity contribution >= 4 is 11.8 Å². The summed E-state index contributed by atoms with van der Waals surface area (Å²) in [6.07, 6.45) is -13.8. The zero-order chi connectivity index (χ0) is 22.9. The number of hydrogen-bond acceptors (Lipinski definition) is 13. The molecule has 2 heterocycles. The summed E-state index contributed by atoms with van der Waals surface area (Å²) in [5.41, 5.74) is -1.17. The Balaban J connectivity index is 1.74. The Bertz CT molecular complexity index is 733. The molecule has 0 unspecified atom stereocenters. The lowest BCUT2D eigenvalue weighted by Gasteiger charge is -2.46. The second kappa shape index (κ2) is 10.1. The molecule has 9 N–H and O–H groups in total. The molecule has 1 aromatic rings. The minimum Gasteiger partial charge on any atom is -0.508 e. The van der Waals surface area contributed by atoms with Crippen LogP contribution in [0.4, 0.5) is 0 Å². The highest BCUT2D eigenvalue weighted by Crippen LogP contribution is 2.40. The summed E-state index contributed by atoms with van der Waals surface area (Å²) >= 11 is 0.794. The van der Waals surface area contributed by atoms with E-state index in [1.165, 1.54) is 18.2 Å². The highest BCUT2D eigenvalue weighted by Gasteiger charge is 2.50. The standard InChI is InChI=1S/C18H26O12S/c19-4-8-11(23)12(24)14(26)17(28-8)30-16-9(5-20)29-18(15(27)13(16)25)31-10-3-6(21)1-2-7(10)22/h1-3,8-9,11-27H,4-5H2/t8-,9-,11-,12+,13-,14-,15-,16-,17-,18+/m1/s1. The molecule has 0 radical (unpaired) electrons. The largest absolute Gasteiger partial charge is 0.508 e. The van der Waals surface area contributed by atoms with Crippen molar-refractivity contribution in [2.24, 2.45) is 0 Å². The summed E-state index contributed by atoms with van der Waals surface area (Å²) in [7, 11) is 0. The molecule has 13 heteroatoms. The van der Waals surface area contributed by atoms with Crippen molar-refractivity contribution in [3.05, 3.63) is 18.2 Å². The fourth-order valence-corrected chi connectivity index (χ4v) is 4.50. The van der Waals surface area contributed by atoms with Crippen LogP contribution in [-0.4, -0.2) is 120 Å². The van der Waals surface area contributed by atoms with E-state index < -0.39 is 73.8 Å². The van der Waals surface area contributed by atoms with Gasteiger partial charge in [-0.05, 0) is 18.2 Å². The molecule has 31 heavy (non-hydrogen) atoms. The van der Waals surface area contributed by atoms with Crippen LogP contribution in [0.3, 0.4) is 0 Å². The molecule has 0 bridgehead atoms. The lowest BCUT2D eigenvalue weighted by atomic mass is 9.97. The second-order valence-corrected chi connectivity index (χ2v) is 8.41. The number of phenols is 2. The number of rotatable bonds is 6. The highest BCUT2D eigenvalue weighted by molar-refractivity contribution is 8.00. The summed E-state index contributed by atoms with van der Waals surface area (Å²) in [4.78, 5) is 0.154. The van der Waals surface area contributed by atoms with E-state index in [4.69, 9.17) is 14.2 Å². The van der Waals surface area contributed by atoms with Gasteiger partial charge in [-0.2, -0.15) is 0 Å². The van der Waals surface area contributed by atoms with Crippen LogP contribution in [-0.2, 0) is 14.2 Å². The van der Waals surface area contributed by atoms with Gasteiger partial charge in [0.25, 0.3) is 0 Å². The topological polar surface area (TPSA) is 210 Å². The van der Waals surface area contributed by atoms with Crippen LogP contribution in [0.25, 0.3) is 0 Å². The molecule has 2 aliphatic rings. The van der Waals surface area contributed by atoms with Gasteiger partial charge in [-0.15, -0.1) is 0 Å². The Labute approximate surface area is 180 Å².